The predicted molar refractivity (Wildman–Crippen MR) is 142 cm³/mol. The van der Waals surface area contributed by atoms with Crippen molar-refractivity contribution < 1.29 is 37.0 Å². The number of nitrogens with zero attached hydrogens (tertiary/aromatic N) is 2. The number of benzene rings is 2. The van der Waals surface area contributed by atoms with Crippen molar-refractivity contribution in [3.63, 3.8) is 0 Å². The third-order valence-corrected chi connectivity index (χ3v) is 7.55. The Kier molecular flexibility index (Phi) is 9.18. The molecule has 1 spiro atoms. The largest absolute Gasteiger partial charge is 0.493 e. The van der Waals surface area contributed by atoms with Crippen LogP contribution in [-0.4, -0.2) is 66.6 Å². The Bertz CT molecular complexity index is 1200. The summed E-state index contributed by atoms with van der Waals surface area (Å²) in [6.45, 7) is 9.06. The summed E-state index contributed by atoms with van der Waals surface area (Å²) in [5.74, 6) is -2.58. The predicted octanol–water partition coefficient (Wildman–Crippen LogP) is 5.02. The third-order valence-electron chi connectivity index (χ3n) is 7.55. The highest BCUT2D eigenvalue weighted by molar-refractivity contribution is 5.94. The summed E-state index contributed by atoms with van der Waals surface area (Å²) in [6, 6.07) is 14.2. The van der Waals surface area contributed by atoms with E-state index in [4.69, 9.17) is 4.74 Å². The van der Waals surface area contributed by atoms with Crippen LogP contribution in [0.5, 0.6) is 5.75 Å². The molecule has 2 heterocycles. The van der Waals surface area contributed by atoms with Gasteiger partial charge in [0.1, 0.15) is 5.75 Å². The lowest BCUT2D eigenvalue weighted by Crippen LogP contribution is -2.44. The van der Waals surface area contributed by atoms with Gasteiger partial charge in [0.15, 0.2) is 0 Å². The van der Waals surface area contributed by atoms with Crippen LogP contribution in [-0.2, 0) is 27.3 Å². The molecular weight excluding hydrogens is 525 g/mol. The van der Waals surface area contributed by atoms with Crippen LogP contribution < -0.4 is 4.74 Å². The van der Waals surface area contributed by atoms with Gasteiger partial charge in [0, 0.05) is 37.3 Å². The van der Waals surface area contributed by atoms with E-state index in [0.717, 1.165) is 44.6 Å². The number of hydrogen-bond acceptors (Lipinski definition) is 6. The quantitative estimate of drug-likeness (QED) is 0.333. The van der Waals surface area contributed by atoms with Gasteiger partial charge in [0.2, 0.25) is 0 Å². The third kappa shape index (κ3) is 7.62. The Labute approximate surface area is 232 Å². The van der Waals surface area contributed by atoms with Crippen molar-refractivity contribution in [2.24, 2.45) is 11.3 Å². The van der Waals surface area contributed by atoms with Gasteiger partial charge in [-0.25, -0.2) is 4.79 Å². The van der Waals surface area contributed by atoms with Crippen molar-refractivity contribution in [3.8, 4) is 5.75 Å². The number of piperidine rings is 1. The van der Waals surface area contributed by atoms with Crippen molar-refractivity contribution in [2.75, 3.05) is 32.8 Å². The van der Waals surface area contributed by atoms with E-state index in [-0.39, 0.29) is 11.3 Å². The molecule has 0 N–H and O–H groups in total. The molecule has 0 aliphatic carbocycles. The molecular formula is C30H35F3N2O5. The number of hydrogen-bond donors (Lipinski definition) is 0. The maximum atomic E-state index is 13.1. The van der Waals surface area contributed by atoms with E-state index in [2.05, 4.69) is 29.6 Å². The Morgan fingerprint density at radius 3 is 2.25 bits per heavy atom. The van der Waals surface area contributed by atoms with E-state index >= 15 is 0 Å². The van der Waals surface area contributed by atoms with Crippen molar-refractivity contribution in [3.05, 3.63) is 65.2 Å². The molecule has 10 heteroatoms. The molecule has 2 saturated heterocycles. The van der Waals surface area contributed by atoms with Gasteiger partial charge < -0.3 is 14.4 Å². The number of rotatable bonds is 8. The number of carbonyl (C=O) groups excluding carboxylic acids is 3. The standard InChI is InChI=1S/C30H35F3N2O5/c1-21(2)19-39-25-6-4-3-5-24(25)18-34-14-11-29(20-34)12-15-35(16-13-29)27(37)23-9-7-22(8-10-23)17-26(36)40-28(38)30(31,32)33/h3-10,21H,11-20H2,1-2H3. The first-order valence-corrected chi connectivity index (χ1v) is 13.6. The van der Waals surface area contributed by atoms with Crippen LogP contribution in [0, 0.1) is 11.3 Å². The van der Waals surface area contributed by atoms with Crippen molar-refractivity contribution >= 4 is 17.8 Å². The van der Waals surface area contributed by atoms with Crippen LogP contribution in [0.4, 0.5) is 13.2 Å². The van der Waals surface area contributed by atoms with E-state index in [1.165, 1.54) is 29.8 Å². The monoisotopic (exact) mass is 560 g/mol. The lowest BCUT2D eigenvalue weighted by atomic mass is 9.77. The normalized spacial score (nSPS) is 17.3. The fourth-order valence-corrected chi connectivity index (χ4v) is 5.34. The molecule has 2 aliphatic rings. The molecule has 40 heavy (non-hydrogen) atoms. The maximum absolute atomic E-state index is 13.1. The lowest BCUT2D eigenvalue weighted by Gasteiger charge is -2.39. The van der Waals surface area contributed by atoms with Crippen LogP contribution in [0.2, 0.25) is 0 Å². The lowest BCUT2D eigenvalue weighted by molar-refractivity contribution is -0.201. The summed E-state index contributed by atoms with van der Waals surface area (Å²) in [5, 5.41) is 0. The number of likely N-dealkylation sites (tertiary alicyclic amines) is 2. The summed E-state index contributed by atoms with van der Waals surface area (Å²) >= 11 is 0. The van der Waals surface area contributed by atoms with Gasteiger partial charge in [-0.1, -0.05) is 44.2 Å². The van der Waals surface area contributed by atoms with Gasteiger partial charge in [-0.15, -0.1) is 0 Å². The van der Waals surface area contributed by atoms with Crippen molar-refractivity contribution in [1.29, 1.82) is 0 Å². The fraction of sp³-hybridized carbons (Fsp3) is 0.500. The zero-order valence-electron chi connectivity index (χ0n) is 22.8. The highest BCUT2D eigenvalue weighted by Crippen LogP contribution is 2.41. The molecule has 4 rings (SSSR count). The van der Waals surface area contributed by atoms with Crippen LogP contribution in [0.25, 0.3) is 0 Å². The minimum absolute atomic E-state index is 0.123. The SMILES string of the molecule is CC(C)COc1ccccc1CN1CCC2(CCN(C(=O)c3ccc(CC(=O)OC(=O)C(F)(F)F)cc3)CC2)C1. The Hall–Kier alpha value is -3.40. The summed E-state index contributed by atoms with van der Waals surface area (Å²) in [7, 11) is 0. The van der Waals surface area contributed by atoms with Gasteiger partial charge >= 0.3 is 18.1 Å². The minimum Gasteiger partial charge on any atom is -0.493 e. The molecule has 0 bridgehead atoms. The number of para-hydroxylation sites is 1. The topological polar surface area (TPSA) is 76.2 Å². The van der Waals surface area contributed by atoms with Crippen LogP contribution in [0.1, 0.15) is 54.6 Å². The average molecular weight is 561 g/mol. The number of carbonyl (C=O) groups is 3. The van der Waals surface area contributed by atoms with Gasteiger partial charge in [-0.3, -0.25) is 14.5 Å². The Morgan fingerprint density at radius 2 is 1.60 bits per heavy atom. The highest BCUT2D eigenvalue weighted by atomic mass is 19.4. The van der Waals surface area contributed by atoms with E-state index in [0.29, 0.717) is 36.7 Å². The molecule has 7 nitrogen and oxygen atoms in total. The van der Waals surface area contributed by atoms with E-state index in [1.54, 1.807) is 0 Å². The molecule has 0 saturated carbocycles. The number of halogens is 3. The van der Waals surface area contributed by atoms with Crippen molar-refractivity contribution in [1.82, 2.24) is 9.80 Å². The molecule has 0 unspecified atom stereocenters. The van der Waals surface area contributed by atoms with Gasteiger partial charge in [0.25, 0.3) is 5.91 Å². The van der Waals surface area contributed by atoms with E-state index in [1.807, 2.05) is 23.1 Å². The summed E-state index contributed by atoms with van der Waals surface area (Å²) in [6.07, 6.45) is -2.82. The Morgan fingerprint density at radius 1 is 0.950 bits per heavy atom. The Balaban J connectivity index is 1.27. The summed E-state index contributed by atoms with van der Waals surface area (Å²) in [5.41, 5.74) is 2.15. The summed E-state index contributed by atoms with van der Waals surface area (Å²) in [4.78, 5) is 39.8. The molecule has 0 atom stereocenters. The second-order valence-electron chi connectivity index (χ2n) is 11.2. The number of ether oxygens (including phenoxy) is 2. The highest BCUT2D eigenvalue weighted by Gasteiger charge is 2.43. The zero-order valence-corrected chi connectivity index (χ0v) is 22.8. The molecule has 2 aromatic rings. The molecule has 2 fully saturated rings. The second kappa shape index (κ2) is 12.4. The number of esters is 2. The maximum Gasteiger partial charge on any atom is 0.491 e. The average Bonchev–Trinajstić information content (AvgIpc) is 3.29. The molecule has 1 amide bonds. The van der Waals surface area contributed by atoms with E-state index < -0.39 is 24.5 Å². The first-order valence-electron chi connectivity index (χ1n) is 13.6. The summed E-state index contributed by atoms with van der Waals surface area (Å²) < 4.78 is 46.6. The number of alkyl halides is 3. The van der Waals surface area contributed by atoms with Gasteiger partial charge in [0.05, 0.1) is 13.0 Å². The van der Waals surface area contributed by atoms with Crippen molar-refractivity contribution in [2.45, 2.75) is 52.3 Å². The van der Waals surface area contributed by atoms with Gasteiger partial charge in [-0.2, -0.15) is 13.2 Å². The molecule has 2 aliphatic heterocycles. The molecule has 0 radical (unpaired) electrons. The zero-order chi connectivity index (χ0) is 28.9. The first kappa shape index (κ1) is 29.6. The molecule has 0 aromatic heterocycles. The minimum atomic E-state index is -5.23. The fourth-order valence-electron chi connectivity index (χ4n) is 5.34. The van der Waals surface area contributed by atoms with Crippen LogP contribution in [0.3, 0.4) is 0 Å². The van der Waals surface area contributed by atoms with Gasteiger partial charge in [-0.05, 0) is 60.9 Å². The van der Waals surface area contributed by atoms with Crippen LogP contribution >= 0.6 is 0 Å². The number of amides is 1. The smallest absolute Gasteiger partial charge is 0.491 e. The first-order chi connectivity index (χ1) is 18.9. The second-order valence-corrected chi connectivity index (χ2v) is 11.2. The molecule has 216 valence electrons. The van der Waals surface area contributed by atoms with Crippen LogP contribution in [0.15, 0.2) is 48.5 Å². The molecule has 2 aromatic carbocycles. The van der Waals surface area contributed by atoms with E-state index in [9.17, 15) is 27.6 Å².